The van der Waals surface area contributed by atoms with Crippen LogP contribution in [0.15, 0.2) is 51.7 Å². The monoisotopic (exact) mass is 471 g/mol. The van der Waals surface area contributed by atoms with E-state index in [-0.39, 0.29) is 20.5 Å². The summed E-state index contributed by atoms with van der Waals surface area (Å²) in [5.41, 5.74) is 0.999. The lowest BCUT2D eigenvalue weighted by Gasteiger charge is -2.14. The van der Waals surface area contributed by atoms with Crippen molar-refractivity contribution in [2.75, 3.05) is 18.9 Å². The van der Waals surface area contributed by atoms with Gasteiger partial charge in [-0.2, -0.15) is 0 Å². The molecular weight excluding hydrogens is 453 g/mol. The van der Waals surface area contributed by atoms with Crippen LogP contribution in [0.25, 0.3) is 10.6 Å². The lowest BCUT2D eigenvalue weighted by molar-refractivity contribution is 0.415. The Morgan fingerprint density at radius 2 is 1.73 bits per heavy atom. The summed E-state index contributed by atoms with van der Waals surface area (Å²) in [4.78, 5) is 4.07. The highest BCUT2D eigenvalue weighted by molar-refractivity contribution is 7.94. The Hall–Kier alpha value is -2.54. The summed E-state index contributed by atoms with van der Waals surface area (Å²) in [5.74, 6) is -0.364. The van der Waals surface area contributed by atoms with E-state index in [1.807, 2.05) is 0 Å². The molecule has 0 aliphatic heterocycles. The molecule has 160 valence electrons. The van der Waals surface area contributed by atoms with Crippen molar-refractivity contribution < 1.29 is 26.0 Å². The van der Waals surface area contributed by atoms with Gasteiger partial charge in [0.25, 0.3) is 10.0 Å². The molecule has 1 heterocycles. The highest BCUT2D eigenvalue weighted by Gasteiger charge is 2.23. The number of thiazole rings is 1. The molecule has 0 atom stereocenters. The molecule has 0 fully saturated rings. The number of methoxy groups -OCH3 is 1. The highest BCUT2D eigenvalue weighted by Crippen LogP contribution is 2.34. The zero-order valence-electron chi connectivity index (χ0n) is 16.1. The SMILES string of the molecule is CNS(=O)(=O)c1cc(OC)c(NS(=O)(=O)c2cnc(-c3ccc(F)cc3)s2)cc1C. The van der Waals surface area contributed by atoms with E-state index in [4.69, 9.17) is 4.74 Å². The number of aromatic nitrogens is 1. The molecule has 3 rings (SSSR count). The molecule has 0 unspecified atom stereocenters. The maximum atomic E-state index is 13.1. The number of hydrogen-bond donors (Lipinski definition) is 2. The molecule has 12 heteroatoms. The Labute approximate surface area is 177 Å². The molecule has 0 bridgehead atoms. The second kappa shape index (κ2) is 8.30. The summed E-state index contributed by atoms with van der Waals surface area (Å²) < 4.78 is 72.8. The summed E-state index contributed by atoms with van der Waals surface area (Å²) in [5, 5.41) is 0.411. The largest absolute Gasteiger partial charge is 0.495 e. The number of sulfonamides is 2. The van der Waals surface area contributed by atoms with Gasteiger partial charge in [-0.1, -0.05) is 0 Å². The molecule has 0 aliphatic rings. The Bertz CT molecular complexity index is 1290. The predicted molar refractivity (Wildman–Crippen MR) is 112 cm³/mol. The molecule has 1 aromatic heterocycles. The van der Waals surface area contributed by atoms with Crippen molar-refractivity contribution in [3.8, 4) is 16.3 Å². The lowest BCUT2D eigenvalue weighted by Crippen LogP contribution is -2.20. The second-order valence-electron chi connectivity index (χ2n) is 6.12. The van der Waals surface area contributed by atoms with Crippen molar-refractivity contribution in [3.63, 3.8) is 0 Å². The number of hydrogen-bond acceptors (Lipinski definition) is 7. The lowest BCUT2D eigenvalue weighted by atomic mass is 10.2. The first kappa shape index (κ1) is 22.2. The van der Waals surface area contributed by atoms with Gasteiger partial charge in [-0.05, 0) is 49.9 Å². The average Bonchev–Trinajstić information content (AvgIpc) is 3.19. The van der Waals surface area contributed by atoms with E-state index in [0.29, 0.717) is 16.1 Å². The maximum Gasteiger partial charge on any atom is 0.273 e. The molecular formula is C18H18FN3O5S3. The van der Waals surface area contributed by atoms with E-state index in [0.717, 1.165) is 11.3 Å². The van der Waals surface area contributed by atoms with Crippen LogP contribution >= 0.6 is 11.3 Å². The third-order valence-corrected chi connectivity index (χ3v) is 8.57. The number of benzene rings is 2. The number of nitrogens with zero attached hydrogens (tertiary/aromatic N) is 1. The third-order valence-electron chi connectivity index (χ3n) is 4.14. The quantitative estimate of drug-likeness (QED) is 0.548. The fourth-order valence-corrected chi connectivity index (χ4v) is 5.78. The summed E-state index contributed by atoms with van der Waals surface area (Å²) >= 11 is 0.916. The fourth-order valence-electron chi connectivity index (χ4n) is 2.62. The number of anilines is 1. The van der Waals surface area contributed by atoms with E-state index in [9.17, 15) is 21.2 Å². The van der Waals surface area contributed by atoms with Gasteiger partial charge < -0.3 is 4.74 Å². The van der Waals surface area contributed by atoms with Gasteiger partial charge in [-0.25, -0.2) is 30.9 Å². The number of aryl methyl sites for hydroxylation is 1. The van der Waals surface area contributed by atoms with Gasteiger partial charge in [-0.3, -0.25) is 4.72 Å². The molecule has 2 aromatic carbocycles. The molecule has 0 aliphatic carbocycles. The molecule has 2 N–H and O–H groups in total. The first-order valence-electron chi connectivity index (χ1n) is 8.44. The molecule has 0 radical (unpaired) electrons. The van der Waals surface area contributed by atoms with Crippen LogP contribution in [0.1, 0.15) is 5.56 Å². The van der Waals surface area contributed by atoms with E-state index < -0.39 is 25.9 Å². The van der Waals surface area contributed by atoms with Crippen molar-refractivity contribution in [3.05, 3.63) is 54.0 Å². The van der Waals surface area contributed by atoms with Crippen molar-refractivity contribution in [1.82, 2.24) is 9.71 Å². The van der Waals surface area contributed by atoms with Crippen LogP contribution in [0.2, 0.25) is 0 Å². The fraction of sp³-hybridized carbons (Fsp3) is 0.167. The van der Waals surface area contributed by atoms with E-state index in [1.54, 1.807) is 6.92 Å². The van der Waals surface area contributed by atoms with Crippen molar-refractivity contribution in [2.24, 2.45) is 0 Å². The van der Waals surface area contributed by atoms with Gasteiger partial charge in [0.15, 0.2) is 4.21 Å². The number of rotatable bonds is 7. The van der Waals surface area contributed by atoms with Crippen LogP contribution in [0.4, 0.5) is 10.1 Å². The topological polar surface area (TPSA) is 114 Å². The number of ether oxygens (including phenoxy) is 1. The molecule has 0 spiro atoms. The molecule has 30 heavy (non-hydrogen) atoms. The summed E-state index contributed by atoms with van der Waals surface area (Å²) in [6.07, 6.45) is 1.20. The predicted octanol–water partition coefficient (Wildman–Crippen LogP) is 2.98. The highest BCUT2D eigenvalue weighted by atomic mass is 32.2. The number of halogens is 1. The zero-order valence-corrected chi connectivity index (χ0v) is 18.6. The van der Waals surface area contributed by atoms with Gasteiger partial charge in [0.05, 0.1) is 23.9 Å². The van der Waals surface area contributed by atoms with Crippen molar-refractivity contribution in [1.29, 1.82) is 0 Å². The van der Waals surface area contributed by atoms with Gasteiger partial charge in [0.2, 0.25) is 10.0 Å². The minimum Gasteiger partial charge on any atom is -0.495 e. The Morgan fingerprint density at radius 1 is 1.07 bits per heavy atom. The summed E-state index contributed by atoms with van der Waals surface area (Å²) in [6.45, 7) is 1.54. The zero-order chi connectivity index (χ0) is 22.1. The van der Waals surface area contributed by atoms with E-state index >= 15 is 0 Å². The van der Waals surface area contributed by atoms with Gasteiger partial charge in [-0.15, -0.1) is 11.3 Å². The Kier molecular flexibility index (Phi) is 6.13. The second-order valence-corrected chi connectivity index (χ2v) is 10.9. The van der Waals surface area contributed by atoms with Crippen LogP contribution in [0.3, 0.4) is 0 Å². The van der Waals surface area contributed by atoms with Crippen molar-refractivity contribution >= 4 is 37.1 Å². The molecule has 8 nitrogen and oxygen atoms in total. The van der Waals surface area contributed by atoms with Crippen LogP contribution in [-0.2, 0) is 20.0 Å². The standard InChI is InChI=1S/C18H18FN3O5S3/c1-11-8-14(15(27-3)9-16(11)29(23,24)20-2)22-30(25,26)17-10-21-18(28-17)12-4-6-13(19)7-5-12/h4-10,20,22H,1-3H3. The molecule has 0 amide bonds. The third kappa shape index (κ3) is 4.46. The van der Waals surface area contributed by atoms with Crippen molar-refractivity contribution in [2.45, 2.75) is 16.0 Å². The van der Waals surface area contributed by atoms with Gasteiger partial charge >= 0.3 is 0 Å². The Morgan fingerprint density at radius 3 is 2.33 bits per heavy atom. The molecule has 0 saturated heterocycles. The van der Waals surface area contributed by atoms with Gasteiger partial charge in [0.1, 0.15) is 16.6 Å². The molecule has 0 saturated carbocycles. The summed E-state index contributed by atoms with van der Waals surface area (Å²) in [7, 11) is -5.19. The molecule has 3 aromatic rings. The minimum atomic E-state index is -4.03. The van der Waals surface area contributed by atoms with Crippen LogP contribution in [0.5, 0.6) is 5.75 Å². The normalized spacial score (nSPS) is 12.0. The minimum absolute atomic E-state index is 0.0267. The Balaban J connectivity index is 1.96. The van der Waals surface area contributed by atoms with E-state index in [2.05, 4.69) is 14.4 Å². The maximum absolute atomic E-state index is 13.1. The van der Waals surface area contributed by atoms with E-state index in [1.165, 1.54) is 56.8 Å². The number of nitrogens with one attached hydrogen (secondary N) is 2. The average molecular weight is 472 g/mol. The first-order valence-corrected chi connectivity index (χ1v) is 12.2. The van der Waals surface area contributed by atoms with Crippen LogP contribution in [0, 0.1) is 12.7 Å². The van der Waals surface area contributed by atoms with Crippen LogP contribution < -0.4 is 14.2 Å². The summed E-state index contributed by atoms with van der Waals surface area (Å²) in [6, 6.07) is 8.16. The van der Waals surface area contributed by atoms with Crippen LogP contribution in [-0.4, -0.2) is 36.0 Å². The van der Waals surface area contributed by atoms with Gasteiger partial charge in [0, 0.05) is 11.6 Å². The smallest absolute Gasteiger partial charge is 0.273 e. The first-order chi connectivity index (χ1) is 14.1.